The lowest BCUT2D eigenvalue weighted by Gasteiger charge is -2.09. The second-order valence-electron chi connectivity index (χ2n) is 3.56. The van der Waals surface area contributed by atoms with Crippen LogP contribution in [0.15, 0.2) is 12.1 Å². The van der Waals surface area contributed by atoms with Gasteiger partial charge in [0.15, 0.2) is 0 Å². The third kappa shape index (κ3) is 2.28. The Morgan fingerprint density at radius 1 is 1.08 bits per heavy atom. The van der Waals surface area contributed by atoms with Crippen molar-refractivity contribution >= 4 is 0 Å². The van der Waals surface area contributed by atoms with Crippen molar-refractivity contribution in [3.63, 3.8) is 0 Å². The maximum Gasteiger partial charge on any atom is 0.126 e. The lowest BCUT2D eigenvalue weighted by atomic mass is 10.0. The molecule has 1 aromatic rings. The fourth-order valence-corrected chi connectivity index (χ4v) is 1.24. The van der Waals surface area contributed by atoms with Gasteiger partial charge in [-0.2, -0.15) is 0 Å². The summed E-state index contributed by atoms with van der Waals surface area (Å²) in [6.07, 6.45) is 0.595. The van der Waals surface area contributed by atoms with Crippen LogP contribution in [0.4, 0.5) is 0 Å². The van der Waals surface area contributed by atoms with E-state index in [2.05, 4.69) is 0 Å². The molecule has 1 rings (SSSR count). The van der Waals surface area contributed by atoms with Crippen LogP contribution in [-0.2, 0) is 6.42 Å². The van der Waals surface area contributed by atoms with E-state index in [-0.39, 0.29) is 17.2 Å². The Kier molecular flexibility index (Phi) is 2.66. The standard InChI is InChI=1S/C10H14O3/c1-6(2)3-8-9(12)4-7(11)5-10(8)13/h4-6,11-13H,3H2,1-2H3. The van der Waals surface area contributed by atoms with Gasteiger partial charge in [-0.15, -0.1) is 0 Å². The van der Waals surface area contributed by atoms with E-state index in [0.717, 1.165) is 0 Å². The molecular weight excluding hydrogens is 168 g/mol. The quantitative estimate of drug-likeness (QED) is 0.655. The summed E-state index contributed by atoms with van der Waals surface area (Å²) in [5.41, 5.74) is 0.493. The summed E-state index contributed by atoms with van der Waals surface area (Å²) in [6, 6.07) is 2.47. The Bertz CT molecular complexity index is 282. The number of benzene rings is 1. The van der Waals surface area contributed by atoms with Crippen LogP contribution in [0, 0.1) is 5.92 Å². The van der Waals surface area contributed by atoms with E-state index in [1.54, 1.807) is 0 Å². The van der Waals surface area contributed by atoms with Crippen LogP contribution < -0.4 is 0 Å². The van der Waals surface area contributed by atoms with Crippen molar-refractivity contribution in [3.8, 4) is 17.2 Å². The fraction of sp³-hybridized carbons (Fsp3) is 0.400. The summed E-state index contributed by atoms with van der Waals surface area (Å²) in [7, 11) is 0. The molecule has 0 atom stereocenters. The first-order valence-corrected chi connectivity index (χ1v) is 4.24. The molecular formula is C10H14O3. The van der Waals surface area contributed by atoms with Gasteiger partial charge in [-0.25, -0.2) is 0 Å². The summed E-state index contributed by atoms with van der Waals surface area (Å²) in [5, 5.41) is 27.8. The molecule has 0 fully saturated rings. The minimum atomic E-state index is -0.123. The predicted octanol–water partition coefficient (Wildman–Crippen LogP) is 2.00. The minimum Gasteiger partial charge on any atom is -0.508 e. The molecule has 0 aliphatic rings. The number of rotatable bonds is 2. The molecule has 13 heavy (non-hydrogen) atoms. The first kappa shape index (κ1) is 9.71. The van der Waals surface area contributed by atoms with Crippen LogP contribution in [0.3, 0.4) is 0 Å². The second kappa shape index (κ2) is 3.56. The minimum absolute atomic E-state index is 0.0498. The highest BCUT2D eigenvalue weighted by Gasteiger charge is 2.10. The average Bonchev–Trinajstić information content (AvgIpc) is 1.96. The smallest absolute Gasteiger partial charge is 0.126 e. The topological polar surface area (TPSA) is 60.7 Å². The van der Waals surface area contributed by atoms with Gasteiger partial charge < -0.3 is 15.3 Å². The molecule has 0 aromatic heterocycles. The Hall–Kier alpha value is -1.38. The van der Waals surface area contributed by atoms with Gasteiger partial charge >= 0.3 is 0 Å². The SMILES string of the molecule is CC(C)Cc1c(O)cc(O)cc1O. The second-order valence-corrected chi connectivity index (χ2v) is 3.56. The van der Waals surface area contributed by atoms with E-state index >= 15 is 0 Å². The molecule has 0 aliphatic heterocycles. The van der Waals surface area contributed by atoms with Crippen molar-refractivity contribution in [2.24, 2.45) is 5.92 Å². The Morgan fingerprint density at radius 3 is 1.92 bits per heavy atom. The van der Waals surface area contributed by atoms with Gasteiger partial charge in [0.1, 0.15) is 17.2 Å². The fourth-order valence-electron chi connectivity index (χ4n) is 1.24. The maximum atomic E-state index is 9.40. The van der Waals surface area contributed by atoms with Crippen molar-refractivity contribution in [3.05, 3.63) is 17.7 Å². The van der Waals surface area contributed by atoms with Crippen molar-refractivity contribution in [1.29, 1.82) is 0 Å². The van der Waals surface area contributed by atoms with E-state index in [9.17, 15) is 10.2 Å². The summed E-state index contributed by atoms with van der Waals surface area (Å²) in [4.78, 5) is 0. The first-order chi connectivity index (χ1) is 6.00. The number of phenols is 3. The third-order valence-electron chi connectivity index (χ3n) is 1.80. The largest absolute Gasteiger partial charge is 0.508 e. The zero-order chi connectivity index (χ0) is 10.0. The van der Waals surface area contributed by atoms with E-state index in [4.69, 9.17) is 5.11 Å². The number of hydrogen-bond donors (Lipinski definition) is 3. The predicted molar refractivity (Wildman–Crippen MR) is 50.0 cm³/mol. The molecule has 3 nitrogen and oxygen atoms in total. The number of phenolic OH excluding ortho intramolecular Hbond substituents is 3. The molecule has 0 unspecified atom stereocenters. The molecule has 0 heterocycles. The monoisotopic (exact) mass is 182 g/mol. The highest BCUT2D eigenvalue weighted by Crippen LogP contribution is 2.33. The normalized spacial score (nSPS) is 10.7. The van der Waals surface area contributed by atoms with E-state index in [0.29, 0.717) is 17.9 Å². The van der Waals surface area contributed by atoms with Gasteiger partial charge in [0.2, 0.25) is 0 Å². The Labute approximate surface area is 77.3 Å². The molecule has 0 saturated heterocycles. The molecule has 72 valence electrons. The average molecular weight is 182 g/mol. The maximum absolute atomic E-state index is 9.40. The van der Waals surface area contributed by atoms with E-state index in [1.165, 1.54) is 12.1 Å². The third-order valence-corrected chi connectivity index (χ3v) is 1.80. The zero-order valence-corrected chi connectivity index (χ0v) is 7.78. The lowest BCUT2D eigenvalue weighted by molar-refractivity contribution is 0.413. The molecule has 0 spiro atoms. The Morgan fingerprint density at radius 2 is 1.54 bits per heavy atom. The van der Waals surface area contributed by atoms with Gasteiger partial charge in [-0.1, -0.05) is 13.8 Å². The van der Waals surface area contributed by atoms with E-state index in [1.807, 2.05) is 13.8 Å². The van der Waals surface area contributed by atoms with Gasteiger partial charge in [0, 0.05) is 17.7 Å². The number of hydrogen-bond acceptors (Lipinski definition) is 3. The van der Waals surface area contributed by atoms with Crippen LogP contribution in [0.25, 0.3) is 0 Å². The van der Waals surface area contributed by atoms with Gasteiger partial charge in [-0.3, -0.25) is 0 Å². The van der Waals surface area contributed by atoms with Crippen LogP contribution in [-0.4, -0.2) is 15.3 Å². The summed E-state index contributed by atoms with van der Waals surface area (Å²) < 4.78 is 0. The van der Waals surface area contributed by atoms with Crippen LogP contribution >= 0.6 is 0 Å². The van der Waals surface area contributed by atoms with E-state index < -0.39 is 0 Å². The van der Waals surface area contributed by atoms with Crippen molar-refractivity contribution < 1.29 is 15.3 Å². The van der Waals surface area contributed by atoms with Crippen LogP contribution in [0.2, 0.25) is 0 Å². The molecule has 1 aromatic carbocycles. The Balaban J connectivity index is 3.06. The summed E-state index contributed by atoms with van der Waals surface area (Å²) >= 11 is 0. The van der Waals surface area contributed by atoms with Gasteiger partial charge in [0.05, 0.1) is 0 Å². The lowest BCUT2D eigenvalue weighted by Crippen LogP contribution is -1.94. The van der Waals surface area contributed by atoms with Crippen molar-refractivity contribution in [2.45, 2.75) is 20.3 Å². The van der Waals surface area contributed by atoms with Crippen LogP contribution in [0.5, 0.6) is 17.2 Å². The van der Waals surface area contributed by atoms with Gasteiger partial charge in [-0.05, 0) is 12.3 Å². The van der Waals surface area contributed by atoms with Crippen molar-refractivity contribution in [1.82, 2.24) is 0 Å². The molecule has 0 amide bonds. The molecule has 0 radical (unpaired) electrons. The molecule has 0 saturated carbocycles. The summed E-state index contributed by atoms with van der Waals surface area (Å²) in [5.74, 6) is 0.126. The summed E-state index contributed by atoms with van der Waals surface area (Å²) in [6.45, 7) is 3.98. The zero-order valence-electron chi connectivity index (χ0n) is 7.78. The number of aromatic hydroxyl groups is 3. The highest BCUT2D eigenvalue weighted by molar-refractivity contribution is 5.48. The van der Waals surface area contributed by atoms with Crippen LogP contribution in [0.1, 0.15) is 19.4 Å². The first-order valence-electron chi connectivity index (χ1n) is 4.24. The highest BCUT2D eigenvalue weighted by atomic mass is 16.3. The molecule has 0 aliphatic carbocycles. The molecule has 3 N–H and O–H groups in total. The molecule has 3 heteroatoms. The van der Waals surface area contributed by atoms with Crippen molar-refractivity contribution in [2.75, 3.05) is 0 Å². The van der Waals surface area contributed by atoms with Gasteiger partial charge in [0.25, 0.3) is 0 Å². The molecule has 0 bridgehead atoms.